The van der Waals surface area contributed by atoms with Crippen LogP contribution in [-0.4, -0.2) is 32.7 Å². The molecule has 4 rings (SSSR count). The average molecular weight is 336 g/mol. The third-order valence-corrected chi connectivity index (χ3v) is 5.14. The predicted molar refractivity (Wildman–Crippen MR) is 101 cm³/mol. The molecule has 2 heterocycles. The zero-order valence-corrected chi connectivity index (χ0v) is 14.7. The predicted octanol–water partition coefficient (Wildman–Crippen LogP) is 3.81. The van der Waals surface area contributed by atoms with Crippen LogP contribution in [0.3, 0.4) is 0 Å². The smallest absolute Gasteiger partial charge is 0.139 e. The fourth-order valence-corrected chi connectivity index (χ4v) is 3.91. The van der Waals surface area contributed by atoms with Crippen LogP contribution in [0.5, 0.6) is 0 Å². The van der Waals surface area contributed by atoms with Gasteiger partial charge in [-0.05, 0) is 51.2 Å². The number of para-hydroxylation sites is 1. The fourth-order valence-electron chi connectivity index (χ4n) is 3.91. The second-order valence-electron chi connectivity index (χ2n) is 7.05. The highest BCUT2D eigenvalue weighted by Gasteiger charge is 2.26. The first-order chi connectivity index (χ1) is 12.1. The lowest BCUT2D eigenvalue weighted by Crippen LogP contribution is -2.19. The molecule has 5 nitrogen and oxygen atoms in total. The number of aliphatic hydroxyl groups excluding tert-OH is 1. The summed E-state index contributed by atoms with van der Waals surface area (Å²) in [7, 11) is 0. The summed E-state index contributed by atoms with van der Waals surface area (Å²) >= 11 is 0. The molecule has 25 heavy (non-hydrogen) atoms. The monoisotopic (exact) mass is 336 g/mol. The number of aliphatic hydroxyl groups is 1. The van der Waals surface area contributed by atoms with Gasteiger partial charge in [-0.2, -0.15) is 0 Å². The Morgan fingerprint density at radius 3 is 2.80 bits per heavy atom. The lowest BCUT2D eigenvalue weighted by atomic mass is 10.1. The Bertz CT molecular complexity index is 869. The molecule has 1 fully saturated rings. The van der Waals surface area contributed by atoms with E-state index in [4.69, 9.17) is 4.98 Å². The maximum Gasteiger partial charge on any atom is 0.139 e. The number of H-pyrrole nitrogens is 1. The maximum atomic E-state index is 9.39. The highest BCUT2D eigenvalue weighted by molar-refractivity contribution is 5.88. The molecule has 3 N–H and O–H groups in total. The molecule has 2 aromatic heterocycles. The summed E-state index contributed by atoms with van der Waals surface area (Å²) in [4.78, 5) is 12.8. The lowest BCUT2D eigenvalue weighted by Gasteiger charge is -2.18. The molecule has 0 bridgehead atoms. The number of aromatic amines is 1. The van der Waals surface area contributed by atoms with Gasteiger partial charge in [-0.15, -0.1) is 0 Å². The second-order valence-corrected chi connectivity index (χ2v) is 7.05. The number of nitrogens with zero attached hydrogens (tertiary/aromatic N) is 2. The number of rotatable bonds is 4. The first-order valence-corrected chi connectivity index (χ1v) is 8.95. The van der Waals surface area contributed by atoms with E-state index < -0.39 is 0 Å². The zero-order chi connectivity index (χ0) is 17.4. The van der Waals surface area contributed by atoms with Crippen LogP contribution in [0, 0.1) is 19.8 Å². The zero-order valence-electron chi connectivity index (χ0n) is 14.7. The van der Waals surface area contributed by atoms with Gasteiger partial charge in [-0.1, -0.05) is 18.2 Å². The molecule has 1 aliphatic rings. The Labute approximate surface area is 147 Å². The minimum absolute atomic E-state index is 0.273. The van der Waals surface area contributed by atoms with Gasteiger partial charge in [0.25, 0.3) is 0 Å². The van der Waals surface area contributed by atoms with E-state index in [1.165, 1.54) is 5.39 Å². The van der Waals surface area contributed by atoms with Crippen molar-refractivity contribution in [2.45, 2.75) is 39.2 Å². The van der Waals surface area contributed by atoms with Gasteiger partial charge in [0.15, 0.2) is 0 Å². The van der Waals surface area contributed by atoms with E-state index in [1.807, 2.05) is 26.0 Å². The van der Waals surface area contributed by atoms with Gasteiger partial charge in [-0.25, -0.2) is 9.97 Å². The van der Waals surface area contributed by atoms with Crippen molar-refractivity contribution in [1.29, 1.82) is 0 Å². The van der Waals surface area contributed by atoms with Crippen molar-refractivity contribution in [1.82, 2.24) is 15.0 Å². The molecule has 0 spiro atoms. The molecule has 130 valence electrons. The Morgan fingerprint density at radius 2 is 2.04 bits per heavy atom. The number of aryl methyl sites for hydroxylation is 2. The van der Waals surface area contributed by atoms with Gasteiger partial charge in [0.1, 0.15) is 11.6 Å². The molecule has 2 unspecified atom stereocenters. The number of hydrogen-bond acceptors (Lipinski definition) is 4. The van der Waals surface area contributed by atoms with Gasteiger partial charge < -0.3 is 15.4 Å². The van der Waals surface area contributed by atoms with Gasteiger partial charge in [-0.3, -0.25) is 0 Å². The van der Waals surface area contributed by atoms with Crippen LogP contribution in [0.15, 0.2) is 30.3 Å². The topological polar surface area (TPSA) is 73.8 Å². The lowest BCUT2D eigenvalue weighted by molar-refractivity contribution is 0.229. The van der Waals surface area contributed by atoms with E-state index in [-0.39, 0.29) is 6.61 Å². The van der Waals surface area contributed by atoms with Crippen molar-refractivity contribution in [3.05, 3.63) is 41.9 Å². The van der Waals surface area contributed by atoms with Crippen LogP contribution in [-0.2, 0) is 0 Å². The van der Waals surface area contributed by atoms with Gasteiger partial charge in [0.05, 0.1) is 17.0 Å². The van der Waals surface area contributed by atoms with Crippen LogP contribution in [0.25, 0.3) is 22.2 Å². The molecule has 2 atom stereocenters. The van der Waals surface area contributed by atoms with Crippen molar-refractivity contribution in [2.24, 2.45) is 5.92 Å². The normalized spacial score (nSPS) is 20.3. The van der Waals surface area contributed by atoms with E-state index in [0.29, 0.717) is 12.0 Å². The number of nitrogens with one attached hydrogen (secondary N) is 2. The van der Waals surface area contributed by atoms with Crippen molar-refractivity contribution in [3.8, 4) is 11.3 Å². The molecule has 1 aromatic carbocycles. The van der Waals surface area contributed by atoms with Gasteiger partial charge >= 0.3 is 0 Å². The highest BCUT2D eigenvalue weighted by Crippen LogP contribution is 2.34. The van der Waals surface area contributed by atoms with Crippen LogP contribution >= 0.6 is 0 Å². The van der Waals surface area contributed by atoms with E-state index in [2.05, 4.69) is 33.5 Å². The summed E-state index contributed by atoms with van der Waals surface area (Å²) < 4.78 is 0. The van der Waals surface area contributed by atoms with Crippen molar-refractivity contribution < 1.29 is 5.11 Å². The van der Waals surface area contributed by atoms with E-state index in [0.717, 1.165) is 53.4 Å². The van der Waals surface area contributed by atoms with E-state index >= 15 is 0 Å². The largest absolute Gasteiger partial charge is 0.396 e. The Morgan fingerprint density at radius 1 is 1.20 bits per heavy atom. The van der Waals surface area contributed by atoms with Crippen molar-refractivity contribution >= 4 is 16.7 Å². The molecule has 5 heteroatoms. The van der Waals surface area contributed by atoms with E-state index in [1.54, 1.807) is 0 Å². The molecular formula is C20H24N4O. The molecule has 0 radical (unpaired) electrons. The summed E-state index contributed by atoms with van der Waals surface area (Å²) in [6.07, 6.45) is 3.13. The second kappa shape index (κ2) is 6.48. The first-order valence-electron chi connectivity index (χ1n) is 8.95. The first kappa shape index (κ1) is 16.1. The number of aromatic nitrogens is 3. The average Bonchev–Trinajstić information content (AvgIpc) is 3.20. The number of benzene rings is 1. The minimum atomic E-state index is 0.273. The molecule has 0 saturated heterocycles. The van der Waals surface area contributed by atoms with Crippen LogP contribution in [0.4, 0.5) is 5.82 Å². The number of hydrogen-bond donors (Lipinski definition) is 3. The standard InChI is InChI=1S/C20H24N4O/c1-12-19(18-10-15-5-3-4-6-17(15)24-18)20(22-13(2)21-12)23-16-8-7-14(9-16)11-25/h3-6,10,14,16,24-25H,7-9,11H2,1-2H3,(H,21,22,23). The van der Waals surface area contributed by atoms with Crippen LogP contribution < -0.4 is 5.32 Å². The number of anilines is 1. The van der Waals surface area contributed by atoms with Crippen LogP contribution in [0.1, 0.15) is 30.8 Å². The third-order valence-electron chi connectivity index (χ3n) is 5.14. The van der Waals surface area contributed by atoms with Gasteiger partial charge in [0.2, 0.25) is 0 Å². The van der Waals surface area contributed by atoms with Crippen LogP contribution in [0.2, 0.25) is 0 Å². The summed E-state index contributed by atoms with van der Waals surface area (Å²) in [6, 6.07) is 10.8. The van der Waals surface area contributed by atoms with Crippen molar-refractivity contribution in [3.63, 3.8) is 0 Å². The van der Waals surface area contributed by atoms with Gasteiger partial charge in [0, 0.05) is 23.6 Å². The minimum Gasteiger partial charge on any atom is -0.396 e. The number of fused-ring (bicyclic) bond motifs is 1. The molecular weight excluding hydrogens is 312 g/mol. The Hall–Kier alpha value is -2.40. The molecule has 0 aliphatic heterocycles. The van der Waals surface area contributed by atoms with Crippen molar-refractivity contribution in [2.75, 3.05) is 11.9 Å². The third kappa shape index (κ3) is 3.12. The fraction of sp³-hybridized carbons (Fsp3) is 0.400. The molecule has 3 aromatic rings. The molecule has 1 aliphatic carbocycles. The summed E-state index contributed by atoms with van der Waals surface area (Å²) in [5.41, 5.74) is 4.16. The summed E-state index contributed by atoms with van der Waals surface area (Å²) in [6.45, 7) is 4.24. The Balaban J connectivity index is 1.73. The Kier molecular flexibility index (Phi) is 4.17. The summed E-state index contributed by atoms with van der Waals surface area (Å²) in [5.74, 6) is 2.06. The summed E-state index contributed by atoms with van der Waals surface area (Å²) in [5, 5.41) is 14.2. The van der Waals surface area contributed by atoms with E-state index in [9.17, 15) is 5.11 Å². The quantitative estimate of drug-likeness (QED) is 0.677. The molecule has 0 amide bonds. The SMILES string of the molecule is Cc1nc(C)c(-c2cc3ccccc3[nH]2)c(NC2CCC(CO)C2)n1. The molecule has 1 saturated carbocycles. The highest BCUT2D eigenvalue weighted by atomic mass is 16.3. The maximum absolute atomic E-state index is 9.39.